The Morgan fingerprint density at radius 2 is 1.73 bits per heavy atom. The topological polar surface area (TPSA) is 0 Å². The highest BCUT2D eigenvalue weighted by molar-refractivity contribution is 5.25. The first-order chi connectivity index (χ1) is 12.7. The normalized spacial score (nSPS) is 53.6. The molecule has 9 atom stereocenters. The van der Waals surface area contributed by atoms with E-state index in [2.05, 4.69) is 26.8 Å². The Hall–Kier alpha value is -0.260. The fourth-order valence-electron chi connectivity index (χ4n) is 9.32. The van der Waals surface area contributed by atoms with Crippen LogP contribution in [0.2, 0.25) is 0 Å². The van der Waals surface area contributed by atoms with Gasteiger partial charge in [-0.15, -0.1) is 0 Å². The van der Waals surface area contributed by atoms with Crippen LogP contribution >= 0.6 is 0 Å². The molecular weight excluding hydrogens is 312 g/mol. The van der Waals surface area contributed by atoms with E-state index in [4.69, 9.17) is 0 Å². The molecule has 0 aromatic carbocycles. The number of allylic oxidation sites excluding steroid dienone is 2. The van der Waals surface area contributed by atoms with Gasteiger partial charge in [0.2, 0.25) is 0 Å². The zero-order chi connectivity index (χ0) is 17.9. The maximum atomic E-state index is 2.85. The van der Waals surface area contributed by atoms with Gasteiger partial charge in [0, 0.05) is 0 Å². The molecule has 0 heteroatoms. The molecule has 6 unspecified atom stereocenters. The molecule has 146 valence electrons. The molecule has 0 amide bonds. The van der Waals surface area contributed by atoms with Crippen LogP contribution < -0.4 is 0 Å². The Labute approximate surface area is 162 Å². The summed E-state index contributed by atoms with van der Waals surface area (Å²) in [7, 11) is 0. The molecule has 5 rings (SSSR count). The third-order valence-corrected chi connectivity index (χ3v) is 10.9. The van der Waals surface area contributed by atoms with Crippen molar-refractivity contribution in [2.24, 2.45) is 52.8 Å². The Kier molecular flexibility index (Phi) is 4.57. The first-order valence-corrected chi connectivity index (χ1v) is 12.4. The Morgan fingerprint density at radius 3 is 2.58 bits per heavy atom. The van der Waals surface area contributed by atoms with Crippen molar-refractivity contribution in [3.63, 3.8) is 0 Å². The fraction of sp³-hybridized carbons (Fsp3) is 0.923. The molecule has 0 aromatic rings. The van der Waals surface area contributed by atoms with Gasteiger partial charge >= 0.3 is 0 Å². The Balaban J connectivity index is 1.45. The molecular formula is C26H42. The predicted molar refractivity (Wildman–Crippen MR) is 111 cm³/mol. The molecule has 5 aliphatic carbocycles. The lowest BCUT2D eigenvalue weighted by molar-refractivity contribution is -0.0520. The number of fused-ring (bicyclic) bond motifs is 7. The summed E-state index contributed by atoms with van der Waals surface area (Å²) in [6.07, 6.45) is 21.1. The van der Waals surface area contributed by atoms with E-state index in [0.29, 0.717) is 5.41 Å². The van der Waals surface area contributed by atoms with Gasteiger partial charge in [-0.05, 0) is 111 Å². The van der Waals surface area contributed by atoms with E-state index in [-0.39, 0.29) is 0 Å². The minimum atomic E-state index is 0.648. The van der Waals surface area contributed by atoms with Crippen molar-refractivity contribution in [1.82, 2.24) is 0 Å². The largest absolute Gasteiger partial charge is 0.0844 e. The second-order valence-corrected chi connectivity index (χ2v) is 11.2. The maximum absolute atomic E-state index is 2.85. The van der Waals surface area contributed by atoms with E-state index >= 15 is 0 Å². The van der Waals surface area contributed by atoms with Gasteiger partial charge in [-0.25, -0.2) is 0 Å². The third-order valence-electron chi connectivity index (χ3n) is 10.9. The van der Waals surface area contributed by atoms with Gasteiger partial charge in [-0.3, -0.25) is 0 Å². The molecule has 0 aliphatic heterocycles. The van der Waals surface area contributed by atoms with Gasteiger partial charge in [-0.2, -0.15) is 0 Å². The number of rotatable bonds is 1. The zero-order valence-corrected chi connectivity index (χ0v) is 17.7. The van der Waals surface area contributed by atoms with Crippen molar-refractivity contribution >= 4 is 0 Å². The second-order valence-electron chi connectivity index (χ2n) is 11.2. The van der Waals surface area contributed by atoms with Gasteiger partial charge < -0.3 is 0 Å². The van der Waals surface area contributed by atoms with Gasteiger partial charge in [-0.1, -0.05) is 51.7 Å². The van der Waals surface area contributed by atoms with Crippen LogP contribution in [-0.4, -0.2) is 0 Å². The molecule has 0 aromatic heterocycles. The van der Waals surface area contributed by atoms with Crippen LogP contribution in [-0.2, 0) is 0 Å². The molecule has 0 heterocycles. The van der Waals surface area contributed by atoms with Gasteiger partial charge in [0.05, 0.1) is 0 Å². The van der Waals surface area contributed by atoms with Crippen molar-refractivity contribution in [2.45, 2.75) is 97.8 Å². The van der Waals surface area contributed by atoms with Crippen molar-refractivity contribution in [3.8, 4) is 0 Å². The molecule has 0 spiro atoms. The van der Waals surface area contributed by atoms with E-state index in [1.165, 1.54) is 44.9 Å². The monoisotopic (exact) mass is 354 g/mol. The van der Waals surface area contributed by atoms with E-state index in [1.54, 1.807) is 32.1 Å². The molecule has 5 aliphatic rings. The average molecular weight is 355 g/mol. The molecule has 0 nitrogen and oxygen atoms in total. The summed E-state index contributed by atoms with van der Waals surface area (Å²) in [5.41, 5.74) is 2.64. The summed E-state index contributed by atoms with van der Waals surface area (Å²) in [6, 6.07) is 0. The smallest absolute Gasteiger partial charge is 0.0141 e. The summed E-state index contributed by atoms with van der Waals surface area (Å²) in [5, 5.41) is 0. The second kappa shape index (κ2) is 6.66. The highest BCUT2D eigenvalue weighted by Crippen LogP contribution is 2.64. The molecule has 4 saturated carbocycles. The zero-order valence-electron chi connectivity index (χ0n) is 17.7. The van der Waals surface area contributed by atoms with Crippen molar-refractivity contribution in [1.29, 1.82) is 0 Å². The van der Waals surface area contributed by atoms with Crippen LogP contribution in [0.4, 0.5) is 0 Å². The van der Waals surface area contributed by atoms with Gasteiger partial charge in [0.15, 0.2) is 0 Å². The molecule has 0 radical (unpaired) electrons. The maximum Gasteiger partial charge on any atom is -0.0141 e. The molecule has 0 saturated heterocycles. The highest BCUT2D eigenvalue weighted by atomic mass is 14.6. The first kappa shape index (κ1) is 17.8. The first-order valence-electron chi connectivity index (χ1n) is 12.4. The minimum absolute atomic E-state index is 0.648. The molecule has 26 heavy (non-hydrogen) atoms. The Morgan fingerprint density at radius 1 is 0.885 bits per heavy atom. The third kappa shape index (κ3) is 2.45. The van der Waals surface area contributed by atoms with E-state index in [0.717, 1.165) is 47.3 Å². The van der Waals surface area contributed by atoms with Crippen molar-refractivity contribution < 1.29 is 0 Å². The molecule has 4 fully saturated rings. The van der Waals surface area contributed by atoms with E-state index in [9.17, 15) is 0 Å². The van der Waals surface area contributed by atoms with Crippen LogP contribution in [0.5, 0.6) is 0 Å². The predicted octanol–water partition coefficient (Wildman–Crippen LogP) is 7.64. The minimum Gasteiger partial charge on any atom is -0.0844 e. The quantitative estimate of drug-likeness (QED) is 0.424. The number of hydrogen-bond acceptors (Lipinski definition) is 0. The number of hydrogen-bond donors (Lipinski definition) is 0. The fourth-order valence-corrected chi connectivity index (χ4v) is 9.32. The van der Waals surface area contributed by atoms with E-state index in [1.807, 2.05) is 5.57 Å². The Bertz CT molecular complexity index is 558. The molecule has 0 N–H and O–H groups in total. The SMILES string of the molecule is CC[C@@]12CCC3C(=CCC4C5CCCCC5CCC34)C1CC[C@@H](C)[C@@H]2C. The summed E-state index contributed by atoms with van der Waals surface area (Å²) in [6.45, 7) is 7.67. The van der Waals surface area contributed by atoms with Crippen LogP contribution in [0.1, 0.15) is 97.8 Å². The summed E-state index contributed by atoms with van der Waals surface area (Å²) < 4.78 is 0. The highest BCUT2D eigenvalue weighted by Gasteiger charge is 2.55. The van der Waals surface area contributed by atoms with Crippen molar-refractivity contribution in [3.05, 3.63) is 11.6 Å². The van der Waals surface area contributed by atoms with Crippen LogP contribution in [0.25, 0.3) is 0 Å². The lowest BCUT2D eigenvalue weighted by Gasteiger charge is -2.60. The summed E-state index contributed by atoms with van der Waals surface area (Å²) >= 11 is 0. The van der Waals surface area contributed by atoms with Crippen LogP contribution in [0.3, 0.4) is 0 Å². The van der Waals surface area contributed by atoms with Gasteiger partial charge in [0.1, 0.15) is 0 Å². The summed E-state index contributed by atoms with van der Waals surface area (Å²) in [4.78, 5) is 0. The average Bonchev–Trinajstić information content (AvgIpc) is 2.69. The lowest BCUT2D eigenvalue weighted by Crippen LogP contribution is -2.51. The van der Waals surface area contributed by atoms with Crippen LogP contribution in [0, 0.1) is 52.8 Å². The van der Waals surface area contributed by atoms with Crippen molar-refractivity contribution in [2.75, 3.05) is 0 Å². The van der Waals surface area contributed by atoms with Gasteiger partial charge in [0.25, 0.3) is 0 Å². The van der Waals surface area contributed by atoms with Crippen LogP contribution in [0.15, 0.2) is 11.6 Å². The van der Waals surface area contributed by atoms with E-state index < -0.39 is 0 Å². The summed E-state index contributed by atoms with van der Waals surface area (Å²) in [5.74, 6) is 8.15. The lowest BCUT2D eigenvalue weighted by atomic mass is 9.44. The molecule has 0 bridgehead atoms. The standard InChI is InChI=1S/C26H42/c1-4-26-16-15-23-22-11-10-19-7-5-6-8-20(19)21(22)12-13-24(23)25(26)14-9-17(2)18(26)3/h13,17-23,25H,4-12,14-16H2,1-3H3/t17-,18+,19?,20?,21?,22?,23?,25?,26+/m1/s1.